The molecule has 2 bridgehead atoms. The number of ketones is 1. The Balaban J connectivity index is 1.67. The molecule has 0 radical (unpaired) electrons. The summed E-state index contributed by atoms with van der Waals surface area (Å²) in [6.07, 6.45) is 3.09. The Bertz CT molecular complexity index is 1170. The molecule has 9 heteroatoms. The van der Waals surface area contributed by atoms with Gasteiger partial charge >= 0.3 is 5.97 Å². The molecule has 1 aromatic carbocycles. The van der Waals surface area contributed by atoms with E-state index in [0.717, 1.165) is 31.2 Å². The number of esters is 1. The molecule has 0 saturated heterocycles. The summed E-state index contributed by atoms with van der Waals surface area (Å²) in [5, 5.41) is 0. The fourth-order valence-electron chi connectivity index (χ4n) is 7.87. The smallest absolute Gasteiger partial charge is 0.333 e. The van der Waals surface area contributed by atoms with Crippen LogP contribution >= 0.6 is 11.6 Å². The minimum absolute atomic E-state index is 0.0117. The Morgan fingerprint density at radius 1 is 1.11 bits per heavy atom. The van der Waals surface area contributed by atoms with Crippen molar-refractivity contribution in [3.63, 3.8) is 0 Å². The van der Waals surface area contributed by atoms with E-state index in [1.54, 1.807) is 19.2 Å². The summed E-state index contributed by atoms with van der Waals surface area (Å²) in [6.45, 7) is 9.35. The number of benzene rings is 1. The van der Waals surface area contributed by atoms with Gasteiger partial charge in [-0.15, -0.1) is 11.6 Å². The number of rotatable bonds is 7. The van der Waals surface area contributed by atoms with E-state index in [0.29, 0.717) is 0 Å². The van der Waals surface area contributed by atoms with E-state index in [1.807, 2.05) is 20.8 Å². The lowest BCUT2D eigenvalue weighted by molar-refractivity contribution is -0.206. The van der Waals surface area contributed by atoms with Gasteiger partial charge in [0.15, 0.2) is 6.61 Å². The lowest BCUT2D eigenvalue weighted by Crippen LogP contribution is -2.63. The van der Waals surface area contributed by atoms with Gasteiger partial charge in [-0.25, -0.2) is 4.79 Å². The number of carbonyl (C=O) groups is 2. The summed E-state index contributed by atoms with van der Waals surface area (Å²) in [6, 6.07) is 6.22. The molecule has 38 heavy (non-hydrogen) atoms. The van der Waals surface area contributed by atoms with Gasteiger partial charge in [0.2, 0.25) is 0 Å². The van der Waals surface area contributed by atoms with Crippen LogP contribution in [0.2, 0.25) is 0 Å². The molecule has 0 spiro atoms. The Hall–Kier alpha value is -1.48. The number of aryl methyl sites for hydroxylation is 1. The van der Waals surface area contributed by atoms with Crippen LogP contribution in [0.1, 0.15) is 65.4 Å². The van der Waals surface area contributed by atoms with Gasteiger partial charge in [-0.2, -0.15) is 8.42 Å². The summed E-state index contributed by atoms with van der Waals surface area (Å²) >= 11 is 6.45. The zero-order valence-electron chi connectivity index (χ0n) is 23.3. The first kappa shape index (κ1) is 29.5. The normalized spacial score (nSPS) is 39.2. The predicted molar refractivity (Wildman–Crippen MR) is 144 cm³/mol. The van der Waals surface area contributed by atoms with Crippen molar-refractivity contribution in [1.82, 2.24) is 0 Å². The third-order valence-corrected chi connectivity index (χ3v) is 12.2. The van der Waals surface area contributed by atoms with Crippen LogP contribution in [-0.2, 0) is 33.4 Å². The van der Waals surface area contributed by atoms with Crippen molar-refractivity contribution < 1.29 is 31.7 Å². The molecular formula is C29H41ClO7S. The number of halogens is 1. The van der Waals surface area contributed by atoms with Crippen LogP contribution in [-0.4, -0.2) is 52.0 Å². The summed E-state index contributed by atoms with van der Waals surface area (Å²) in [7, 11) is -2.42. The second-order valence-corrected chi connectivity index (χ2v) is 14.2. The zero-order valence-corrected chi connectivity index (χ0v) is 24.9. The van der Waals surface area contributed by atoms with Gasteiger partial charge in [0.25, 0.3) is 10.1 Å². The van der Waals surface area contributed by atoms with Crippen LogP contribution in [0.25, 0.3) is 0 Å². The average molecular weight is 569 g/mol. The summed E-state index contributed by atoms with van der Waals surface area (Å²) in [4.78, 5) is 27.1. The maximum atomic E-state index is 14.0. The van der Waals surface area contributed by atoms with E-state index in [1.165, 1.54) is 12.1 Å². The van der Waals surface area contributed by atoms with E-state index in [-0.39, 0.29) is 52.3 Å². The van der Waals surface area contributed by atoms with Crippen LogP contribution in [0.4, 0.5) is 0 Å². The first-order valence-electron chi connectivity index (χ1n) is 13.5. The highest BCUT2D eigenvalue weighted by molar-refractivity contribution is 7.86. The molecule has 3 aliphatic carbocycles. The van der Waals surface area contributed by atoms with Crippen LogP contribution < -0.4 is 0 Å². The van der Waals surface area contributed by atoms with Crippen LogP contribution in [0.5, 0.6) is 0 Å². The minimum atomic E-state index is -4.14. The van der Waals surface area contributed by atoms with Crippen LogP contribution in [0.3, 0.4) is 0 Å². The predicted octanol–water partition coefficient (Wildman–Crippen LogP) is 5.31. The molecular weight excluding hydrogens is 528 g/mol. The number of hydrogen-bond donors (Lipinski definition) is 0. The highest BCUT2D eigenvalue weighted by atomic mass is 35.5. The topological polar surface area (TPSA) is 96.0 Å². The molecule has 212 valence electrons. The second-order valence-electron chi connectivity index (χ2n) is 12.3. The molecule has 3 fully saturated rings. The molecule has 0 aromatic heterocycles. The molecule has 3 saturated carbocycles. The monoisotopic (exact) mass is 568 g/mol. The summed E-state index contributed by atoms with van der Waals surface area (Å²) < 4.78 is 42.6. The Morgan fingerprint density at radius 2 is 1.74 bits per heavy atom. The number of Topliss-reactive ketones (excluding diaryl/α,β-unsaturated/α-hetero) is 1. The number of carbonyl (C=O) groups excluding carboxylic acids is 2. The van der Waals surface area contributed by atoms with E-state index in [4.69, 9.17) is 25.3 Å². The molecule has 0 N–H and O–H groups in total. The van der Waals surface area contributed by atoms with Gasteiger partial charge in [-0.05, 0) is 62.5 Å². The molecule has 8 atom stereocenters. The van der Waals surface area contributed by atoms with Gasteiger partial charge in [0, 0.05) is 35.7 Å². The molecule has 4 rings (SSSR count). The molecule has 0 heterocycles. The Kier molecular flexibility index (Phi) is 8.14. The molecule has 3 aliphatic rings. The molecule has 0 amide bonds. The molecule has 7 nitrogen and oxygen atoms in total. The molecule has 0 unspecified atom stereocenters. The first-order valence-corrected chi connectivity index (χ1v) is 15.5. The summed E-state index contributed by atoms with van der Waals surface area (Å²) in [5.74, 6) is -0.557. The SMILES string of the molecule is CO[C@@H]1CC[C@@]23CC[C@@H](C)[C@@](C)([C@H](OC(=O)COS(=O)(=O)c4ccc(C)cc4)C[C@@](C)(CCl)C(=O)[C@@H]2C)[C@@H]13. The van der Waals surface area contributed by atoms with Crippen molar-refractivity contribution >= 4 is 33.5 Å². The van der Waals surface area contributed by atoms with Crippen molar-refractivity contribution in [3.8, 4) is 0 Å². The highest BCUT2D eigenvalue weighted by Crippen LogP contribution is 2.68. The van der Waals surface area contributed by atoms with Gasteiger partial charge in [-0.1, -0.05) is 45.4 Å². The minimum Gasteiger partial charge on any atom is -0.460 e. The van der Waals surface area contributed by atoms with Crippen molar-refractivity contribution in [1.29, 1.82) is 0 Å². The summed E-state index contributed by atoms with van der Waals surface area (Å²) in [5.41, 5.74) is -0.736. The van der Waals surface area contributed by atoms with Gasteiger partial charge in [0.05, 0.1) is 11.0 Å². The number of ether oxygens (including phenoxy) is 2. The first-order chi connectivity index (χ1) is 17.7. The standard InChI is InChI=1S/C29H41ClO7S/c1-18-7-9-21(10-8-18)38(33,34)36-16-24(31)37-23-15-27(4,17-30)26(32)20(3)29-13-11-19(2)28(23,5)25(29)22(35-6)12-14-29/h7-10,19-20,22-23,25H,11-17H2,1-6H3/t19-,20+,22-,23-,25-,27+,28+,29+/m1/s1. The zero-order chi connectivity index (χ0) is 28.1. The van der Waals surface area contributed by atoms with E-state index in [9.17, 15) is 18.0 Å². The number of alkyl halides is 1. The van der Waals surface area contributed by atoms with Crippen molar-refractivity contribution in [3.05, 3.63) is 29.8 Å². The average Bonchev–Trinajstić information content (AvgIpc) is 3.29. The third kappa shape index (κ3) is 4.73. The second kappa shape index (κ2) is 10.5. The third-order valence-electron chi connectivity index (χ3n) is 10.4. The van der Waals surface area contributed by atoms with Crippen molar-refractivity contribution in [2.75, 3.05) is 19.6 Å². The largest absolute Gasteiger partial charge is 0.460 e. The van der Waals surface area contributed by atoms with Crippen molar-refractivity contribution in [2.45, 2.75) is 83.8 Å². The molecule has 1 aromatic rings. The van der Waals surface area contributed by atoms with Crippen LogP contribution in [0, 0.1) is 40.9 Å². The fourth-order valence-corrected chi connectivity index (χ4v) is 8.97. The van der Waals surface area contributed by atoms with Gasteiger partial charge < -0.3 is 9.47 Å². The maximum absolute atomic E-state index is 14.0. The quantitative estimate of drug-likeness (QED) is 0.250. The lowest BCUT2D eigenvalue weighted by Gasteiger charge is -2.61. The van der Waals surface area contributed by atoms with Gasteiger partial charge in [0.1, 0.15) is 11.9 Å². The lowest BCUT2D eigenvalue weighted by atomic mass is 9.44. The van der Waals surface area contributed by atoms with Crippen molar-refractivity contribution in [2.24, 2.45) is 34.0 Å². The van der Waals surface area contributed by atoms with E-state index in [2.05, 4.69) is 13.8 Å². The van der Waals surface area contributed by atoms with Crippen LogP contribution in [0.15, 0.2) is 29.2 Å². The highest BCUT2D eigenvalue weighted by Gasteiger charge is 2.68. The Morgan fingerprint density at radius 3 is 2.34 bits per heavy atom. The Labute approximate surface area is 232 Å². The molecule has 0 aliphatic heterocycles. The number of hydrogen-bond acceptors (Lipinski definition) is 7. The maximum Gasteiger partial charge on any atom is 0.333 e. The van der Waals surface area contributed by atoms with E-state index >= 15 is 0 Å². The van der Waals surface area contributed by atoms with E-state index < -0.39 is 39.6 Å². The fraction of sp³-hybridized carbons (Fsp3) is 0.724. The van der Waals surface area contributed by atoms with Gasteiger partial charge in [-0.3, -0.25) is 8.98 Å². The number of methoxy groups -OCH3 is 1.